The zero-order valence-electron chi connectivity index (χ0n) is 10.6. The fourth-order valence-electron chi connectivity index (χ4n) is 1.59. The zero-order chi connectivity index (χ0) is 14.0. The third kappa shape index (κ3) is 3.41. The minimum Gasteiger partial charge on any atom is -0.382 e. The number of nitrogen functional groups attached to an aromatic ring is 1. The molecule has 2 aromatic rings. The number of hydrogen-bond donors (Lipinski definition) is 2. The van der Waals surface area contributed by atoms with Crippen molar-refractivity contribution in [2.45, 2.75) is 6.92 Å². The van der Waals surface area contributed by atoms with Crippen LogP contribution in [-0.4, -0.2) is 24.6 Å². The lowest BCUT2D eigenvalue weighted by Crippen LogP contribution is -2.09. The first kappa shape index (κ1) is 13.3. The van der Waals surface area contributed by atoms with E-state index in [4.69, 9.17) is 5.73 Å². The Morgan fingerprint density at radius 1 is 1.32 bits per heavy atom. The SMILES string of the molecule is Cc1nc(-c2cccc(NS(C)(=O)=O)c2)cnc1N. The summed E-state index contributed by atoms with van der Waals surface area (Å²) in [4.78, 5) is 8.35. The maximum atomic E-state index is 11.2. The number of rotatable bonds is 3. The van der Waals surface area contributed by atoms with Gasteiger partial charge < -0.3 is 5.73 Å². The molecule has 19 heavy (non-hydrogen) atoms. The van der Waals surface area contributed by atoms with Crippen molar-refractivity contribution in [1.29, 1.82) is 0 Å². The molecule has 0 bridgehead atoms. The van der Waals surface area contributed by atoms with Crippen LogP contribution in [0.5, 0.6) is 0 Å². The molecule has 0 saturated heterocycles. The summed E-state index contributed by atoms with van der Waals surface area (Å²) in [5.74, 6) is 0.383. The van der Waals surface area contributed by atoms with Gasteiger partial charge in [0.25, 0.3) is 0 Å². The fraction of sp³-hybridized carbons (Fsp3) is 0.167. The molecule has 7 heteroatoms. The highest BCUT2D eigenvalue weighted by Gasteiger charge is 2.06. The van der Waals surface area contributed by atoms with Crippen molar-refractivity contribution in [2.75, 3.05) is 16.7 Å². The van der Waals surface area contributed by atoms with E-state index in [2.05, 4.69) is 14.7 Å². The Kier molecular flexibility index (Phi) is 3.39. The van der Waals surface area contributed by atoms with Gasteiger partial charge in [-0.2, -0.15) is 0 Å². The van der Waals surface area contributed by atoms with Crippen molar-refractivity contribution in [1.82, 2.24) is 9.97 Å². The predicted molar refractivity (Wildman–Crippen MR) is 75.1 cm³/mol. The minimum absolute atomic E-state index is 0.383. The van der Waals surface area contributed by atoms with Crippen molar-refractivity contribution >= 4 is 21.5 Å². The number of nitrogens with one attached hydrogen (secondary N) is 1. The maximum absolute atomic E-state index is 11.2. The molecular formula is C12H14N4O2S. The third-order valence-electron chi connectivity index (χ3n) is 2.45. The smallest absolute Gasteiger partial charge is 0.229 e. The van der Waals surface area contributed by atoms with Crippen molar-refractivity contribution in [3.8, 4) is 11.3 Å². The van der Waals surface area contributed by atoms with Crippen LogP contribution in [0, 0.1) is 6.92 Å². The van der Waals surface area contributed by atoms with E-state index in [1.807, 2.05) is 6.07 Å². The first-order valence-corrected chi connectivity index (χ1v) is 7.41. The van der Waals surface area contributed by atoms with Crippen LogP contribution >= 0.6 is 0 Å². The Hall–Kier alpha value is -2.15. The van der Waals surface area contributed by atoms with Gasteiger partial charge in [0.2, 0.25) is 10.0 Å². The topological polar surface area (TPSA) is 98.0 Å². The largest absolute Gasteiger partial charge is 0.382 e. The Morgan fingerprint density at radius 2 is 2.05 bits per heavy atom. The Labute approximate surface area is 111 Å². The van der Waals surface area contributed by atoms with E-state index < -0.39 is 10.0 Å². The third-order valence-corrected chi connectivity index (χ3v) is 3.05. The molecule has 2 rings (SSSR count). The van der Waals surface area contributed by atoms with Gasteiger partial charge >= 0.3 is 0 Å². The second-order valence-electron chi connectivity index (χ2n) is 4.18. The van der Waals surface area contributed by atoms with Crippen LogP contribution in [0.3, 0.4) is 0 Å². The van der Waals surface area contributed by atoms with Crippen LogP contribution in [0.15, 0.2) is 30.5 Å². The number of benzene rings is 1. The number of anilines is 2. The van der Waals surface area contributed by atoms with Gasteiger partial charge in [-0.3, -0.25) is 4.72 Å². The Balaban J connectivity index is 2.40. The summed E-state index contributed by atoms with van der Waals surface area (Å²) in [7, 11) is -3.30. The molecule has 6 nitrogen and oxygen atoms in total. The highest BCUT2D eigenvalue weighted by molar-refractivity contribution is 7.92. The number of hydrogen-bond acceptors (Lipinski definition) is 5. The summed E-state index contributed by atoms with van der Waals surface area (Å²) in [6, 6.07) is 6.94. The standard InChI is InChI=1S/C12H14N4O2S/c1-8-12(13)14-7-11(15-8)9-4-3-5-10(6-9)16-19(2,17)18/h3-7,16H,1-2H3,(H2,13,14). The summed E-state index contributed by atoms with van der Waals surface area (Å²) in [6.45, 7) is 1.77. The van der Waals surface area contributed by atoms with E-state index >= 15 is 0 Å². The number of aromatic nitrogens is 2. The molecule has 3 N–H and O–H groups in total. The molecule has 0 amide bonds. The Bertz CT molecular complexity index is 713. The molecule has 100 valence electrons. The van der Waals surface area contributed by atoms with E-state index in [1.165, 1.54) is 0 Å². The molecular weight excluding hydrogens is 264 g/mol. The maximum Gasteiger partial charge on any atom is 0.229 e. The highest BCUT2D eigenvalue weighted by atomic mass is 32.2. The first-order valence-electron chi connectivity index (χ1n) is 5.52. The summed E-state index contributed by atoms with van der Waals surface area (Å²) < 4.78 is 24.8. The van der Waals surface area contributed by atoms with Gasteiger partial charge in [-0.15, -0.1) is 0 Å². The molecule has 0 spiro atoms. The summed E-state index contributed by atoms with van der Waals surface area (Å²) >= 11 is 0. The van der Waals surface area contributed by atoms with Gasteiger partial charge in [0.15, 0.2) is 0 Å². The van der Waals surface area contributed by atoms with Crippen LogP contribution in [-0.2, 0) is 10.0 Å². The normalized spacial score (nSPS) is 11.3. The molecule has 1 aromatic carbocycles. The average Bonchev–Trinajstić information content (AvgIpc) is 2.31. The van der Waals surface area contributed by atoms with Gasteiger partial charge in [-0.05, 0) is 19.1 Å². The molecule has 0 saturated carbocycles. The quantitative estimate of drug-likeness (QED) is 0.884. The van der Waals surface area contributed by atoms with E-state index in [0.29, 0.717) is 22.9 Å². The van der Waals surface area contributed by atoms with Crippen molar-refractivity contribution < 1.29 is 8.42 Å². The molecule has 0 aliphatic heterocycles. The minimum atomic E-state index is -3.30. The van der Waals surface area contributed by atoms with Gasteiger partial charge in [-0.25, -0.2) is 18.4 Å². The van der Waals surface area contributed by atoms with Crippen LogP contribution in [0.2, 0.25) is 0 Å². The lowest BCUT2D eigenvalue weighted by Gasteiger charge is -2.07. The molecule has 1 aromatic heterocycles. The predicted octanol–water partition coefficient (Wildman–Crippen LogP) is 1.41. The molecule has 0 aliphatic carbocycles. The molecule has 0 atom stereocenters. The van der Waals surface area contributed by atoms with Crippen LogP contribution < -0.4 is 10.5 Å². The lowest BCUT2D eigenvalue weighted by molar-refractivity contribution is 0.607. The molecule has 0 unspecified atom stereocenters. The number of aryl methyl sites for hydroxylation is 1. The van der Waals surface area contributed by atoms with Crippen LogP contribution in [0.1, 0.15) is 5.69 Å². The van der Waals surface area contributed by atoms with Gasteiger partial charge in [0, 0.05) is 11.3 Å². The number of nitrogens with zero attached hydrogens (tertiary/aromatic N) is 2. The van der Waals surface area contributed by atoms with Crippen LogP contribution in [0.4, 0.5) is 11.5 Å². The van der Waals surface area contributed by atoms with E-state index in [9.17, 15) is 8.42 Å². The van der Waals surface area contributed by atoms with Crippen LogP contribution in [0.25, 0.3) is 11.3 Å². The number of nitrogens with two attached hydrogens (primary N) is 1. The second-order valence-corrected chi connectivity index (χ2v) is 5.93. The summed E-state index contributed by atoms with van der Waals surface area (Å²) in [5.41, 5.74) is 8.15. The number of sulfonamides is 1. The molecule has 1 heterocycles. The highest BCUT2D eigenvalue weighted by Crippen LogP contribution is 2.22. The Morgan fingerprint density at radius 3 is 2.68 bits per heavy atom. The summed E-state index contributed by atoms with van der Waals surface area (Å²) in [5, 5.41) is 0. The molecule has 0 aliphatic rings. The van der Waals surface area contributed by atoms with Gasteiger partial charge in [0.1, 0.15) is 5.82 Å². The van der Waals surface area contributed by atoms with E-state index in [0.717, 1.165) is 11.8 Å². The molecule has 0 fully saturated rings. The lowest BCUT2D eigenvalue weighted by atomic mass is 10.1. The molecule has 0 radical (unpaired) electrons. The van der Waals surface area contributed by atoms with E-state index in [-0.39, 0.29) is 0 Å². The fourth-order valence-corrected chi connectivity index (χ4v) is 2.14. The monoisotopic (exact) mass is 278 g/mol. The first-order chi connectivity index (χ1) is 8.85. The zero-order valence-corrected chi connectivity index (χ0v) is 11.4. The van der Waals surface area contributed by atoms with Crippen molar-refractivity contribution in [2.24, 2.45) is 0 Å². The van der Waals surface area contributed by atoms with Gasteiger partial charge in [-0.1, -0.05) is 12.1 Å². The van der Waals surface area contributed by atoms with Crippen molar-refractivity contribution in [3.05, 3.63) is 36.2 Å². The second kappa shape index (κ2) is 4.85. The van der Waals surface area contributed by atoms with Crippen molar-refractivity contribution in [3.63, 3.8) is 0 Å². The van der Waals surface area contributed by atoms with E-state index in [1.54, 1.807) is 31.3 Å². The summed E-state index contributed by atoms with van der Waals surface area (Å²) in [6.07, 6.45) is 2.66. The average molecular weight is 278 g/mol. The van der Waals surface area contributed by atoms with Gasteiger partial charge in [0.05, 0.1) is 23.8 Å².